The van der Waals surface area contributed by atoms with Crippen LogP contribution in [-0.2, 0) is 11.0 Å². The topological polar surface area (TPSA) is 111 Å². The van der Waals surface area contributed by atoms with Gasteiger partial charge in [0.15, 0.2) is 5.82 Å². The number of benzene rings is 1. The van der Waals surface area contributed by atoms with Crippen LogP contribution in [0.2, 0.25) is 0 Å². The highest BCUT2D eigenvalue weighted by Gasteiger charge is 2.31. The van der Waals surface area contributed by atoms with E-state index in [0.29, 0.717) is 28.4 Å². The lowest BCUT2D eigenvalue weighted by atomic mass is 10.0. The van der Waals surface area contributed by atoms with Crippen molar-refractivity contribution in [1.29, 1.82) is 0 Å². The number of carbonyl (C=O) groups is 1. The molecule has 0 spiro atoms. The quantitative estimate of drug-likeness (QED) is 0.500. The molecule has 1 aliphatic rings. The summed E-state index contributed by atoms with van der Waals surface area (Å²) in [6, 6.07) is 4.83. The van der Waals surface area contributed by atoms with E-state index in [4.69, 9.17) is 9.90 Å². The number of phenols is 1. The molecule has 11 heteroatoms. The normalized spacial score (nSPS) is 17.0. The van der Waals surface area contributed by atoms with Gasteiger partial charge in [0.25, 0.3) is 6.47 Å². The minimum atomic E-state index is -4.53. The van der Waals surface area contributed by atoms with Gasteiger partial charge in [-0.2, -0.15) is 13.2 Å². The van der Waals surface area contributed by atoms with E-state index in [-0.39, 0.29) is 18.1 Å². The van der Waals surface area contributed by atoms with Crippen molar-refractivity contribution in [2.75, 3.05) is 25.5 Å². The standard InChI is InChI=1S/C21H22F3N5O.CH2O2/c1-29-9-2-3-14(7-10-29)26-20-17-12-25-8-6-15(17)19(27-28-20)16-5-4-13(11-18(16)30)21(22,23)24;2-1-3/h4-6,8,11-12,14,30H,2-3,7,9-10H2,1H3,(H,26,28);1H,(H,2,3). The number of aromatic nitrogens is 3. The van der Waals surface area contributed by atoms with Crippen LogP contribution in [0.25, 0.3) is 22.0 Å². The second-order valence-electron chi connectivity index (χ2n) is 7.73. The van der Waals surface area contributed by atoms with Crippen LogP contribution in [-0.4, -0.2) is 62.9 Å². The molecule has 1 atom stereocenters. The smallest absolute Gasteiger partial charge is 0.416 e. The molecular formula is C22H24F3N5O3. The van der Waals surface area contributed by atoms with Gasteiger partial charge in [-0.15, -0.1) is 10.2 Å². The van der Waals surface area contributed by atoms with Crippen molar-refractivity contribution in [2.24, 2.45) is 0 Å². The SMILES string of the molecule is CN1CCCC(Nc2nnc(-c3ccc(C(F)(F)F)cc3O)c3ccncc23)CC1.O=CO. The first-order valence-corrected chi connectivity index (χ1v) is 10.3. The molecule has 1 fully saturated rings. The number of aromatic hydroxyl groups is 1. The van der Waals surface area contributed by atoms with E-state index in [1.165, 1.54) is 6.07 Å². The number of likely N-dealkylation sites (tertiary alicyclic amines) is 1. The Balaban J connectivity index is 0.000000968. The van der Waals surface area contributed by atoms with Crippen molar-refractivity contribution < 1.29 is 28.2 Å². The van der Waals surface area contributed by atoms with Crippen molar-refractivity contribution in [2.45, 2.75) is 31.5 Å². The molecule has 0 bridgehead atoms. The van der Waals surface area contributed by atoms with E-state index in [0.717, 1.165) is 38.4 Å². The van der Waals surface area contributed by atoms with Gasteiger partial charge in [-0.05, 0) is 63.7 Å². The first-order valence-electron chi connectivity index (χ1n) is 10.3. The van der Waals surface area contributed by atoms with Gasteiger partial charge in [0.05, 0.1) is 5.56 Å². The van der Waals surface area contributed by atoms with Crippen LogP contribution in [0.3, 0.4) is 0 Å². The number of nitrogens with zero attached hydrogens (tertiary/aromatic N) is 4. The maximum Gasteiger partial charge on any atom is 0.416 e. The number of phenolic OH excluding ortho intramolecular Hbond substituents is 1. The molecule has 0 aliphatic carbocycles. The van der Waals surface area contributed by atoms with Gasteiger partial charge in [-0.25, -0.2) is 0 Å². The number of alkyl halides is 3. The van der Waals surface area contributed by atoms with Gasteiger partial charge in [0.2, 0.25) is 0 Å². The average molecular weight is 463 g/mol. The van der Waals surface area contributed by atoms with E-state index >= 15 is 0 Å². The maximum atomic E-state index is 12.9. The fourth-order valence-corrected chi connectivity index (χ4v) is 3.79. The summed E-state index contributed by atoms with van der Waals surface area (Å²) in [5.74, 6) is 0.0903. The molecule has 33 heavy (non-hydrogen) atoms. The predicted molar refractivity (Wildman–Crippen MR) is 117 cm³/mol. The van der Waals surface area contributed by atoms with Gasteiger partial charge in [0, 0.05) is 34.8 Å². The number of hydrogen-bond donors (Lipinski definition) is 3. The molecule has 1 aromatic carbocycles. The molecule has 176 valence electrons. The van der Waals surface area contributed by atoms with Gasteiger partial charge < -0.3 is 20.4 Å². The van der Waals surface area contributed by atoms with Gasteiger partial charge in [0.1, 0.15) is 11.4 Å². The van der Waals surface area contributed by atoms with Crippen molar-refractivity contribution >= 4 is 23.1 Å². The molecule has 3 heterocycles. The predicted octanol–water partition coefficient (Wildman–Crippen LogP) is 4.01. The van der Waals surface area contributed by atoms with Crippen LogP contribution in [0.15, 0.2) is 36.7 Å². The minimum absolute atomic E-state index is 0.189. The van der Waals surface area contributed by atoms with Gasteiger partial charge in [-0.1, -0.05) is 0 Å². The van der Waals surface area contributed by atoms with Crippen LogP contribution < -0.4 is 5.32 Å². The number of fused-ring (bicyclic) bond motifs is 1. The summed E-state index contributed by atoms with van der Waals surface area (Å²) in [4.78, 5) is 14.8. The lowest BCUT2D eigenvalue weighted by Gasteiger charge is -2.19. The number of carboxylic acid groups (broad SMARTS) is 1. The highest BCUT2D eigenvalue weighted by atomic mass is 19.4. The van der Waals surface area contributed by atoms with E-state index in [1.807, 2.05) is 0 Å². The number of halogens is 3. The Kier molecular flexibility index (Phi) is 7.64. The van der Waals surface area contributed by atoms with Gasteiger partial charge >= 0.3 is 6.18 Å². The van der Waals surface area contributed by atoms with Crippen molar-refractivity contribution in [3.63, 3.8) is 0 Å². The molecule has 2 aromatic heterocycles. The zero-order valence-electron chi connectivity index (χ0n) is 17.9. The van der Waals surface area contributed by atoms with Crippen molar-refractivity contribution in [3.8, 4) is 17.0 Å². The second-order valence-corrected chi connectivity index (χ2v) is 7.73. The molecule has 0 saturated carbocycles. The van der Waals surface area contributed by atoms with Crippen LogP contribution >= 0.6 is 0 Å². The summed E-state index contributed by atoms with van der Waals surface area (Å²) in [5.41, 5.74) is -0.418. The summed E-state index contributed by atoms with van der Waals surface area (Å²) >= 11 is 0. The number of pyridine rings is 1. The van der Waals surface area contributed by atoms with E-state index < -0.39 is 17.5 Å². The average Bonchev–Trinajstić information content (AvgIpc) is 2.98. The maximum absolute atomic E-state index is 12.9. The molecule has 3 aromatic rings. The Labute approximate surface area is 188 Å². The molecule has 1 aliphatic heterocycles. The number of rotatable bonds is 3. The zero-order valence-corrected chi connectivity index (χ0v) is 17.9. The van der Waals surface area contributed by atoms with Crippen molar-refractivity contribution in [3.05, 3.63) is 42.2 Å². The van der Waals surface area contributed by atoms with E-state index in [9.17, 15) is 18.3 Å². The molecule has 3 N–H and O–H groups in total. The van der Waals surface area contributed by atoms with E-state index in [2.05, 4.69) is 32.4 Å². The minimum Gasteiger partial charge on any atom is -0.507 e. The third kappa shape index (κ3) is 5.86. The Morgan fingerprint density at radius 2 is 1.91 bits per heavy atom. The molecule has 4 rings (SSSR count). The number of anilines is 1. The fourth-order valence-electron chi connectivity index (χ4n) is 3.79. The molecule has 0 amide bonds. The number of nitrogens with one attached hydrogen (secondary N) is 1. The fraction of sp³-hybridized carbons (Fsp3) is 0.364. The molecule has 8 nitrogen and oxygen atoms in total. The third-order valence-corrected chi connectivity index (χ3v) is 5.45. The van der Waals surface area contributed by atoms with Crippen LogP contribution in [0.1, 0.15) is 24.8 Å². The Hall–Kier alpha value is -3.47. The third-order valence-electron chi connectivity index (χ3n) is 5.45. The van der Waals surface area contributed by atoms with Crippen LogP contribution in [0.5, 0.6) is 5.75 Å². The Morgan fingerprint density at radius 1 is 1.15 bits per heavy atom. The second kappa shape index (κ2) is 10.4. The zero-order chi connectivity index (χ0) is 24.0. The molecular weight excluding hydrogens is 439 g/mol. The Morgan fingerprint density at radius 3 is 2.61 bits per heavy atom. The van der Waals surface area contributed by atoms with Crippen LogP contribution in [0, 0.1) is 0 Å². The van der Waals surface area contributed by atoms with E-state index in [1.54, 1.807) is 18.5 Å². The summed E-state index contributed by atoms with van der Waals surface area (Å²) in [5, 5.41) is 30.5. The van der Waals surface area contributed by atoms with Crippen molar-refractivity contribution in [1.82, 2.24) is 20.1 Å². The summed E-state index contributed by atoms with van der Waals surface area (Å²) < 4.78 is 38.8. The highest BCUT2D eigenvalue weighted by molar-refractivity contribution is 6.00. The summed E-state index contributed by atoms with van der Waals surface area (Å²) in [7, 11) is 2.10. The van der Waals surface area contributed by atoms with Crippen LogP contribution in [0.4, 0.5) is 19.0 Å². The Bertz CT molecular complexity index is 1110. The summed E-state index contributed by atoms with van der Waals surface area (Å²) in [6.07, 6.45) is 1.76. The summed E-state index contributed by atoms with van der Waals surface area (Å²) in [6.45, 7) is 1.79. The monoisotopic (exact) mass is 463 g/mol. The molecule has 1 unspecified atom stereocenters. The highest BCUT2D eigenvalue weighted by Crippen LogP contribution is 2.38. The lowest BCUT2D eigenvalue weighted by molar-refractivity contribution is -0.137. The van der Waals surface area contributed by atoms with Gasteiger partial charge in [-0.3, -0.25) is 9.78 Å². The number of hydrogen-bond acceptors (Lipinski definition) is 7. The lowest BCUT2D eigenvalue weighted by Crippen LogP contribution is -2.23. The molecule has 1 saturated heterocycles. The first kappa shape index (κ1) is 24.2. The molecule has 0 radical (unpaired) electrons. The largest absolute Gasteiger partial charge is 0.507 e. The first-order chi connectivity index (χ1) is 15.7.